The lowest BCUT2D eigenvalue weighted by atomic mass is 10.2. The Bertz CT molecular complexity index is 642. The lowest BCUT2D eigenvalue weighted by molar-refractivity contribution is 0.102. The molecule has 2 aromatic rings. The molecular formula is C12H13ClN4O3. The molecule has 0 spiro atoms. The van der Waals surface area contributed by atoms with E-state index in [2.05, 4.69) is 15.6 Å². The molecule has 0 radical (unpaired) electrons. The van der Waals surface area contributed by atoms with Crippen LogP contribution in [0.5, 0.6) is 11.5 Å². The van der Waals surface area contributed by atoms with E-state index in [9.17, 15) is 4.79 Å². The topological polar surface area (TPSA) is 78.3 Å². The molecule has 1 amide bonds. The maximum atomic E-state index is 12.0. The number of carbonyl (C=O) groups is 1. The van der Waals surface area contributed by atoms with Crippen LogP contribution in [-0.4, -0.2) is 35.1 Å². The van der Waals surface area contributed by atoms with Crippen LogP contribution in [0.15, 0.2) is 18.3 Å². The molecule has 1 N–H and O–H groups in total. The fraction of sp³-hybridized carbons (Fsp3) is 0.250. The van der Waals surface area contributed by atoms with Gasteiger partial charge in [0.25, 0.3) is 5.91 Å². The summed E-state index contributed by atoms with van der Waals surface area (Å²) in [7, 11) is 4.65. The highest BCUT2D eigenvalue weighted by atomic mass is 35.5. The van der Waals surface area contributed by atoms with Crippen molar-refractivity contribution in [3.05, 3.63) is 29.0 Å². The SMILES string of the molecule is COc1cc(NC(=O)c2cn(C)nn2)c(OC)cc1Cl. The summed E-state index contributed by atoms with van der Waals surface area (Å²) >= 11 is 5.99. The summed E-state index contributed by atoms with van der Waals surface area (Å²) < 4.78 is 11.7. The van der Waals surface area contributed by atoms with E-state index in [1.54, 1.807) is 19.2 Å². The minimum Gasteiger partial charge on any atom is -0.495 e. The van der Waals surface area contributed by atoms with Gasteiger partial charge in [0.2, 0.25) is 0 Å². The van der Waals surface area contributed by atoms with E-state index in [1.807, 2.05) is 0 Å². The van der Waals surface area contributed by atoms with Crippen LogP contribution < -0.4 is 14.8 Å². The molecule has 0 fully saturated rings. The van der Waals surface area contributed by atoms with Crippen molar-refractivity contribution in [2.24, 2.45) is 7.05 Å². The highest BCUT2D eigenvalue weighted by Crippen LogP contribution is 2.35. The first-order valence-corrected chi connectivity index (χ1v) is 6.02. The molecular weight excluding hydrogens is 284 g/mol. The average molecular weight is 297 g/mol. The number of hydrogen-bond acceptors (Lipinski definition) is 5. The third-order valence-electron chi connectivity index (χ3n) is 2.56. The molecule has 8 heteroatoms. The molecule has 1 aromatic heterocycles. The second-order valence-corrected chi connectivity index (χ2v) is 4.33. The number of ether oxygens (including phenoxy) is 2. The van der Waals surface area contributed by atoms with Gasteiger partial charge in [0.1, 0.15) is 11.5 Å². The van der Waals surface area contributed by atoms with E-state index in [0.29, 0.717) is 22.2 Å². The number of carbonyl (C=O) groups excluding carboxylic acids is 1. The van der Waals surface area contributed by atoms with E-state index in [1.165, 1.54) is 25.1 Å². The van der Waals surface area contributed by atoms with Gasteiger partial charge >= 0.3 is 0 Å². The lowest BCUT2D eigenvalue weighted by Gasteiger charge is -2.12. The zero-order valence-corrected chi connectivity index (χ0v) is 11.9. The van der Waals surface area contributed by atoms with Crippen molar-refractivity contribution in [2.45, 2.75) is 0 Å². The number of methoxy groups -OCH3 is 2. The molecule has 0 atom stereocenters. The second kappa shape index (κ2) is 5.79. The predicted octanol–water partition coefficient (Wildman–Crippen LogP) is 1.74. The molecule has 20 heavy (non-hydrogen) atoms. The Labute approximate surface area is 120 Å². The van der Waals surface area contributed by atoms with E-state index in [-0.39, 0.29) is 5.69 Å². The Morgan fingerprint density at radius 1 is 1.30 bits per heavy atom. The minimum atomic E-state index is -0.402. The Balaban J connectivity index is 2.30. The maximum absolute atomic E-state index is 12.0. The number of aromatic nitrogens is 3. The first-order chi connectivity index (χ1) is 9.55. The molecule has 0 bridgehead atoms. The lowest BCUT2D eigenvalue weighted by Crippen LogP contribution is -2.13. The molecule has 106 valence electrons. The highest BCUT2D eigenvalue weighted by molar-refractivity contribution is 6.32. The van der Waals surface area contributed by atoms with Gasteiger partial charge in [-0.1, -0.05) is 16.8 Å². The number of halogens is 1. The van der Waals surface area contributed by atoms with Gasteiger partial charge in [-0.15, -0.1) is 5.10 Å². The summed E-state index contributed by atoms with van der Waals surface area (Å²) in [6, 6.07) is 3.14. The van der Waals surface area contributed by atoms with Gasteiger partial charge < -0.3 is 14.8 Å². The van der Waals surface area contributed by atoms with Crippen molar-refractivity contribution >= 4 is 23.2 Å². The predicted molar refractivity (Wildman–Crippen MR) is 73.5 cm³/mol. The molecule has 1 aromatic carbocycles. The minimum absolute atomic E-state index is 0.198. The Hall–Kier alpha value is -2.28. The molecule has 0 aliphatic rings. The highest BCUT2D eigenvalue weighted by Gasteiger charge is 2.15. The molecule has 2 rings (SSSR count). The van der Waals surface area contributed by atoms with E-state index in [0.717, 1.165) is 0 Å². The fourth-order valence-electron chi connectivity index (χ4n) is 1.60. The summed E-state index contributed by atoms with van der Waals surface area (Å²) in [6.07, 6.45) is 1.51. The zero-order valence-electron chi connectivity index (χ0n) is 11.2. The van der Waals surface area contributed by atoms with Crippen molar-refractivity contribution in [3.63, 3.8) is 0 Å². The van der Waals surface area contributed by atoms with Gasteiger partial charge in [-0.25, -0.2) is 0 Å². The van der Waals surface area contributed by atoms with Crippen LogP contribution in [0.3, 0.4) is 0 Å². The van der Waals surface area contributed by atoms with E-state index >= 15 is 0 Å². The fourth-order valence-corrected chi connectivity index (χ4v) is 1.83. The van der Waals surface area contributed by atoms with Crippen LogP contribution in [0, 0.1) is 0 Å². The van der Waals surface area contributed by atoms with Crippen molar-refractivity contribution in [1.29, 1.82) is 0 Å². The quantitative estimate of drug-likeness (QED) is 0.930. The second-order valence-electron chi connectivity index (χ2n) is 3.92. The summed E-state index contributed by atoms with van der Waals surface area (Å²) in [5, 5.41) is 10.5. The number of aryl methyl sites for hydroxylation is 1. The molecule has 0 saturated carbocycles. The van der Waals surface area contributed by atoms with Crippen LogP contribution in [0.25, 0.3) is 0 Å². The van der Waals surface area contributed by atoms with Crippen LogP contribution in [0.2, 0.25) is 5.02 Å². The number of rotatable bonds is 4. The van der Waals surface area contributed by atoms with Gasteiger partial charge in [-0.2, -0.15) is 0 Å². The first kappa shape index (κ1) is 14.1. The molecule has 1 heterocycles. The zero-order chi connectivity index (χ0) is 14.7. The number of hydrogen-bond donors (Lipinski definition) is 1. The first-order valence-electron chi connectivity index (χ1n) is 5.64. The van der Waals surface area contributed by atoms with Crippen molar-refractivity contribution in [3.8, 4) is 11.5 Å². The molecule has 7 nitrogen and oxygen atoms in total. The Morgan fingerprint density at radius 3 is 2.55 bits per heavy atom. The normalized spacial score (nSPS) is 10.2. The monoisotopic (exact) mass is 296 g/mol. The van der Waals surface area contributed by atoms with Crippen LogP contribution >= 0.6 is 11.6 Å². The van der Waals surface area contributed by atoms with Gasteiger partial charge in [-0.05, 0) is 0 Å². The molecule has 0 aliphatic heterocycles. The summed E-state index contributed by atoms with van der Waals surface area (Å²) in [4.78, 5) is 12.0. The van der Waals surface area contributed by atoms with E-state index < -0.39 is 5.91 Å². The van der Waals surface area contributed by atoms with Crippen LogP contribution in [0.4, 0.5) is 5.69 Å². The number of nitrogens with zero attached hydrogens (tertiary/aromatic N) is 3. The number of benzene rings is 1. The third-order valence-corrected chi connectivity index (χ3v) is 2.85. The van der Waals surface area contributed by atoms with Gasteiger partial charge in [0.15, 0.2) is 5.69 Å². The smallest absolute Gasteiger partial charge is 0.277 e. The number of amides is 1. The molecule has 0 aliphatic carbocycles. The van der Waals surface area contributed by atoms with Crippen molar-refractivity contribution < 1.29 is 14.3 Å². The van der Waals surface area contributed by atoms with Crippen LogP contribution in [-0.2, 0) is 7.05 Å². The number of anilines is 1. The summed E-state index contributed by atoms with van der Waals surface area (Å²) in [5.41, 5.74) is 0.632. The van der Waals surface area contributed by atoms with Gasteiger partial charge in [0.05, 0.1) is 31.1 Å². The van der Waals surface area contributed by atoms with Crippen molar-refractivity contribution in [2.75, 3.05) is 19.5 Å². The summed E-state index contributed by atoms with van der Waals surface area (Å²) in [5.74, 6) is 0.454. The van der Waals surface area contributed by atoms with Crippen LogP contribution in [0.1, 0.15) is 10.5 Å². The molecule has 0 unspecified atom stereocenters. The standard InChI is InChI=1S/C12H13ClN4O3/c1-17-6-9(15-16-17)12(18)14-8-5-10(19-2)7(13)4-11(8)20-3/h4-6H,1-3H3,(H,14,18). The summed E-state index contributed by atoms with van der Waals surface area (Å²) in [6.45, 7) is 0. The van der Waals surface area contributed by atoms with Gasteiger partial charge in [0, 0.05) is 19.2 Å². The van der Waals surface area contributed by atoms with Crippen molar-refractivity contribution in [1.82, 2.24) is 15.0 Å². The van der Waals surface area contributed by atoms with E-state index in [4.69, 9.17) is 21.1 Å². The molecule has 0 saturated heterocycles. The Morgan fingerprint density at radius 2 is 2.00 bits per heavy atom. The largest absolute Gasteiger partial charge is 0.495 e. The van der Waals surface area contributed by atoms with Gasteiger partial charge in [-0.3, -0.25) is 9.48 Å². The Kier molecular flexibility index (Phi) is 4.09. The third kappa shape index (κ3) is 2.83. The number of nitrogens with one attached hydrogen (secondary N) is 1. The maximum Gasteiger partial charge on any atom is 0.277 e. The average Bonchev–Trinajstić information content (AvgIpc) is 2.87.